The molecule has 0 spiro atoms. The van der Waals surface area contributed by atoms with Crippen molar-refractivity contribution >= 4 is 33.7 Å². The van der Waals surface area contributed by atoms with E-state index >= 15 is 0 Å². The molecule has 0 fully saturated rings. The van der Waals surface area contributed by atoms with E-state index in [1.807, 2.05) is 49.4 Å². The highest BCUT2D eigenvalue weighted by molar-refractivity contribution is 7.99. The smallest absolute Gasteiger partial charge is 0.283 e. The molecular weight excluding hydrogens is 362 g/mol. The third-order valence-corrected chi connectivity index (χ3v) is 5.31. The lowest BCUT2D eigenvalue weighted by Gasteiger charge is -2.15. The van der Waals surface area contributed by atoms with Gasteiger partial charge in [0.15, 0.2) is 5.16 Å². The summed E-state index contributed by atoms with van der Waals surface area (Å²) < 4.78 is 7.04. The van der Waals surface area contributed by atoms with Gasteiger partial charge >= 0.3 is 0 Å². The zero-order chi connectivity index (χ0) is 19.0. The summed E-state index contributed by atoms with van der Waals surface area (Å²) in [5.74, 6) is 1.03. The Hall–Kier alpha value is -2.77. The number of nitrogens with zero attached hydrogens (tertiary/aromatic N) is 2. The molecule has 0 aliphatic heterocycles. The Morgan fingerprint density at radius 1 is 1.26 bits per heavy atom. The fraction of sp³-hybridized carbons (Fsp3) is 0.200. The van der Waals surface area contributed by atoms with Crippen LogP contribution >= 0.6 is 11.8 Å². The van der Waals surface area contributed by atoms with E-state index < -0.39 is 0 Å². The van der Waals surface area contributed by atoms with Gasteiger partial charge in [0.2, 0.25) is 0 Å². The zero-order valence-corrected chi connectivity index (χ0v) is 15.8. The molecule has 7 heteroatoms. The van der Waals surface area contributed by atoms with Crippen molar-refractivity contribution < 1.29 is 9.84 Å². The number of hydrogen-bond donors (Lipinski definition) is 2. The summed E-state index contributed by atoms with van der Waals surface area (Å²) in [5.41, 5.74) is 3.40. The molecular formula is C20H19N3O3S. The Bertz CT molecular complexity index is 1200. The van der Waals surface area contributed by atoms with Gasteiger partial charge in [-0.25, -0.2) is 9.55 Å². The van der Waals surface area contributed by atoms with Gasteiger partial charge in [-0.15, -0.1) is 0 Å². The van der Waals surface area contributed by atoms with Crippen LogP contribution in [-0.2, 0) is 0 Å². The lowest BCUT2D eigenvalue weighted by molar-refractivity contribution is 0.322. The van der Waals surface area contributed by atoms with E-state index in [1.165, 1.54) is 11.8 Å². The SMILES string of the molecule is COc1ccc(C)cc1-n1c(SCCO)nc2c([nH]c3ccccc32)c1=O. The molecule has 2 aromatic carbocycles. The van der Waals surface area contributed by atoms with Crippen molar-refractivity contribution in [2.45, 2.75) is 12.1 Å². The first-order chi connectivity index (χ1) is 13.1. The molecule has 0 saturated carbocycles. The summed E-state index contributed by atoms with van der Waals surface area (Å²) in [4.78, 5) is 21.4. The quantitative estimate of drug-likeness (QED) is 0.410. The van der Waals surface area contributed by atoms with Crippen molar-refractivity contribution in [2.24, 2.45) is 0 Å². The molecule has 0 atom stereocenters. The number of nitrogens with one attached hydrogen (secondary N) is 1. The van der Waals surface area contributed by atoms with Crippen LogP contribution in [0.25, 0.3) is 27.6 Å². The second-order valence-corrected chi connectivity index (χ2v) is 7.24. The van der Waals surface area contributed by atoms with Crippen molar-refractivity contribution in [1.82, 2.24) is 14.5 Å². The summed E-state index contributed by atoms with van der Waals surface area (Å²) >= 11 is 1.34. The highest BCUT2D eigenvalue weighted by atomic mass is 32.2. The number of aryl methyl sites for hydroxylation is 1. The normalized spacial score (nSPS) is 11.4. The summed E-state index contributed by atoms with van der Waals surface area (Å²) in [6, 6.07) is 13.4. The van der Waals surface area contributed by atoms with Crippen molar-refractivity contribution in [3.63, 3.8) is 0 Å². The van der Waals surface area contributed by atoms with Crippen molar-refractivity contribution in [2.75, 3.05) is 19.5 Å². The topological polar surface area (TPSA) is 80.1 Å². The van der Waals surface area contributed by atoms with Gasteiger partial charge in [0.25, 0.3) is 5.56 Å². The maximum atomic E-state index is 13.4. The average Bonchev–Trinajstić information content (AvgIpc) is 3.05. The predicted octanol–water partition coefficient (Wildman–Crippen LogP) is 3.27. The van der Waals surface area contributed by atoms with Crippen LogP contribution in [0.4, 0.5) is 0 Å². The fourth-order valence-electron chi connectivity index (χ4n) is 3.16. The van der Waals surface area contributed by atoms with E-state index in [-0.39, 0.29) is 12.2 Å². The lowest BCUT2D eigenvalue weighted by atomic mass is 10.2. The number of aromatic nitrogens is 3. The second kappa shape index (κ2) is 7.09. The van der Waals surface area contributed by atoms with Crippen LogP contribution in [0.2, 0.25) is 0 Å². The summed E-state index contributed by atoms with van der Waals surface area (Å²) in [6.07, 6.45) is 0. The Labute approximate surface area is 159 Å². The van der Waals surface area contributed by atoms with E-state index in [0.717, 1.165) is 16.5 Å². The number of aliphatic hydroxyl groups is 1. The molecule has 0 saturated heterocycles. The first-order valence-corrected chi connectivity index (χ1v) is 9.54. The molecule has 4 aromatic rings. The Balaban J connectivity index is 2.09. The zero-order valence-electron chi connectivity index (χ0n) is 15.0. The maximum Gasteiger partial charge on any atom is 0.283 e. The number of fused-ring (bicyclic) bond motifs is 3. The van der Waals surface area contributed by atoms with Crippen molar-refractivity contribution in [3.05, 3.63) is 58.4 Å². The van der Waals surface area contributed by atoms with E-state index in [9.17, 15) is 9.90 Å². The highest BCUT2D eigenvalue weighted by Crippen LogP contribution is 2.30. The summed E-state index contributed by atoms with van der Waals surface area (Å²) in [5, 5.41) is 10.7. The molecule has 4 rings (SSSR count). The van der Waals surface area contributed by atoms with Crippen LogP contribution in [0.3, 0.4) is 0 Å². The third-order valence-electron chi connectivity index (χ3n) is 4.39. The second-order valence-electron chi connectivity index (χ2n) is 6.18. The molecule has 0 aliphatic rings. The molecule has 2 N–H and O–H groups in total. The van der Waals surface area contributed by atoms with Gasteiger partial charge in [-0.05, 0) is 30.7 Å². The van der Waals surface area contributed by atoms with Crippen molar-refractivity contribution in [3.8, 4) is 11.4 Å². The predicted molar refractivity (Wildman–Crippen MR) is 108 cm³/mol. The molecule has 0 unspecified atom stereocenters. The number of aromatic amines is 1. The number of ether oxygens (including phenoxy) is 1. The number of aliphatic hydroxyl groups excluding tert-OH is 1. The molecule has 138 valence electrons. The fourth-order valence-corrected chi connectivity index (χ4v) is 3.90. The minimum absolute atomic E-state index is 0.00257. The van der Waals surface area contributed by atoms with Gasteiger partial charge in [0.05, 0.1) is 19.4 Å². The minimum atomic E-state index is -0.194. The number of H-pyrrole nitrogens is 1. The molecule has 0 aliphatic carbocycles. The van der Waals surface area contributed by atoms with Gasteiger partial charge in [0, 0.05) is 16.7 Å². The number of hydrogen-bond acceptors (Lipinski definition) is 5. The first kappa shape index (κ1) is 17.6. The van der Waals surface area contributed by atoms with Gasteiger partial charge in [-0.3, -0.25) is 4.79 Å². The van der Waals surface area contributed by atoms with Crippen molar-refractivity contribution in [1.29, 1.82) is 0 Å². The summed E-state index contributed by atoms with van der Waals surface area (Å²) in [7, 11) is 1.58. The molecule has 0 bridgehead atoms. The minimum Gasteiger partial charge on any atom is -0.495 e. The van der Waals surface area contributed by atoms with Crippen LogP contribution < -0.4 is 10.3 Å². The van der Waals surface area contributed by atoms with Crippen LogP contribution in [0.5, 0.6) is 5.75 Å². The number of rotatable bonds is 5. The van der Waals surface area contributed by atoms with Crippen LogP contribution in [-0.4, -0.2) is 39.1 Å². The number of thioether (sulfide) groups is 1. The van der Waals surface area contributed by atoms with Crippen LogP contribution in [0, 0.1) is 6.92 Å². The van der Waals surface area contributed by atoms with E-state index in [0.29, 0.717) is 33.4 Å². The monoisotopic (exact) mass is 381 g/mol. The van der Waals surface area contributed by atoms with E-state index in [1.54, 1.807) is 11.7 Å². The van der Waals surface area contributed by atoms with E-state index in [2.05, 4.69) is 4.98 Å². The molecule has 0 radical (unpaired) electrons. The van der Waals surface area contributed by atoms with Crippen LogP contribution in [0.1, 0.15) is 5.56 Å². The first-order valence-electron chi connectivity index (χ1n) is 8.56. The van der Waals surface area contributed by atoms with Gasteiger partial charge in [-0.2, -0.15) is 0 Å². The van der Waals surface area contributed by atoms with Gasteiger partial charge in [0.1, 0.15) is 16.8 Å². The van der Waals surface area contributed by atoms with Gasteiger partial charge in [-0.1, -0.05) is 36.0 Å². The average molecular weight is 381 g/mol. The molecule has 2 aromatic heterocycles. The number of methoxy groups -OCH3 is 1. The molecule has 0 amide bonds. The Morgan fingerprint density at radius 3 is 2.85 bits per heavy atom. The largest absolute Gasteiger partial charge is 0.495 e. The van der Waals surface area contributed by atoms with Gasteiger partial charge < -0.3 is 14.8 Å². The maximum absolute atomic E-state index is 13.4. The van der Waals surface area contributed by atoms with Crippen LogP contribution in [0.15, 0.2) is 52.4 Å². The molecule has 2 heterocycles. The Kier molecular flexibility index (Phi) is 4.63. The lowest BCUT2D eigenvalue weighted by Crippen LogP contribution is -2.22. The Morgan fingerprint density at radius 2 is 2.07 bits per heavy atom. The third kappa shape index (κ3) is 2.98. The van der Waals surface area contributed by atoms with E-state index in [4.69, 9.17) is 9.72 Å². The number of benzene rings is 2. The number of para-hydroxylation sites is 1. The standard InChI is InChI=1S/C20H19N3O3S/c1-12-7-8-16(26-2)15(11-12)23-19(25)18-17(22-20(23)27-10-9-24)13-5-3-4-6-14(13)21-18/h3-8,11,21,24H,9-10H2,1-2H3. The summed E-state index contributed by atoms with van der Waals surface area (Å²) in [6.45, 7) is 1.96. The molecule has 6 nitrogen and oxygen atoms in total. The highest BCUT2D eigenvalue weighted by Gasteiger charge is 2.19. The molecule has 27 heavy (non-hydrogen) atoms.